The highest BCUT2D eigenvalue weighted by molar-refractivity contribution is 4.77. The lowest BCUT2D eigenvalue weighted by atomic mass is 10.2. The fourth-order valence-corrected chi connectivity index (χ4v) is 1.34. The van der Waals surface area contributed by atoms with E-state index in [4.69, 9.17) is 10.5 Å². The van der Waals surface area contributed by atoms with E-state index in [0.29, 0.717) is 19.8 Å². The molecule has 1 aliphatic rings. The van der Waals surface area contributed by atoms with Crippen LogP contribution in [0, 0.1) is 0 Å². The summed E-state index contributed by atoms with van der Waals surface area (Å²) in [4.78, 5) is 1.32. The summed E-state index contributed by atoms with van der Waals surface area (Å²) in [7, 11) is 0. The fourth-order valence-electron chi connectivity index (χ4n) is 1.34. The van der Waals surface area contributed by atoms with Crippen molar-refractivity contribution in [3.05, 3.63) is 0 Å². The number of hydrogen-bond donors (Lipinski definition) is 1. The molecule has 0 aliphatic carbocycles. The van der Waals surface area contributed by atoms with Crippen molar-refractivity contribution in [2.45, 2.75) is 12.2 Å². The molecule has 0 bridgehead atoms. The molecule has 0 saturated carbocycles. The number of halogens is 3. The van der Waals surface area contributed by atoms with Crippen LogP contribution < -0.4 is 5.73 Å². The van der Waals surface area contributed by atoms with E-state index in [-0.39, 0.29) is 12.6 Å². The van der Waals surface area contributed by atoms with Gasteiger partial charge in [0.2, 0.25) is 0 Å². The molecule has 6 heteroatoms. The van der Waals surface area contributed by atoms with Crippen LogP contribution in [0.4, 0.5) is 13.2 Å². The van der Waals surface area contributed by atoms with Crippen LogP contribution in [0.25, 0.3) is 0 Å². The molecule has 0 aromatic rings. The predicted octanol–water partition coefficient (Wildman–Crippen LogP) is 0.208. The maximum Gasteiger partial charge on any atom is 0.401 e. The van der Waals surface area contributed by atoms with Gasteiger partial charge >= 0.3 is 6.18 Å². The predicted molar refractivity (Wildman–Crippen MR) is 41.3 cm³/mol. The van der Waals surface area contributed by atoms with Gasteiger partial charge in [0.15, 0.2) is 0 Å². The highest BCUT2D eigenvalue weighted by atomic mass is 19.4. The van der Waals surface area contributed by atoms with Crippen molar-refractivity contribution >= 4 is 0 Å². The number of alkyl halides is 3. The summed E-state index contributed by atoms with van der Waals surface area (Å²) in [5.41, 5.74) is 5.32. The minimum atomic E-state index is -4.15. The second kappa shape index (κ2) is 4.26. The molecule has 1 unspecified atom stereocenters. The zero-order chi connectivity index (χ0) is 9.90. The number of hydrogen-bond acceptors (Lipinski definition) is 3. The summed E-state index contributed by atoms with van der Waals surface area (Å²) in [6, 6.07) is -0.296. The maximum atomic E-state index is 12.0. The van der Waals surface area contributed by atoms with Crippen molar-refractivity contribution in [3.8, 4) is 0 Å². The summed E-state index contributed by atoms with van der Waals surface area (Å²) in [6.07, 6.45) is -4.15. The van der Waals surface area contributed by atoms with Crippen LogP contribution in [0.2, 0.25) is 0 Å². The van der Waals surface area contributed by atoms with E-state index in [9.17, 15) is 13.2 Å². The molecular formula is C7H13F3N2O. The Labute approximate surface area is 74.6 Å². The van der Waals surface area contributed by atoms with Crippen molar-refractivity contribution in [1.29, 1.82) is 0 Å². The van der Waals surface area contributed by atoms with Gasteiger partial charge in [0.1, 0.15) is 0 Å². The number of rotatable bonds is 2. The Hall–Kier alpha value is -0.330. The summed E-state index contributed by atoms with van der Waals surface area (Å²) in [5.74, 6) is 0. The third-order valence-corrected chi connectivity index (χ3v) is 2.00. The molecule has 0 amide bonds. The minimum absolute atomic E-state index is 0.204. The zero-order valence-corrected chi connectivity index (χ0v) is 7.18. The van der Waals surface area contributed by atoms with Gasteiger partial charge in [-0.25, -0.2) is 0 Å². The van der Waals surface area contributed by atoms with Crippen molar-refractivity contribution < 1.29 is 17.9 Å². The average Bonchev–Trinajstić information content (AvgIpc) is 2.02. The van der Waals surface area contributed by atoms with Crippen LogP contribution in [0.15, 0.2) is 0 Å². The number of ether oxygens (including phenoxy) is 1. The quantitative estimate of drug-likeness (QED) is 0.689. The SMILES string of the molecule is NCC1COCCN1CC(F)(F)F. The normalized spacial score (nSPS) is 26.3. The number of morpholine rings is 1. The summed E-state index contributed by atoms with van der Waals surface area (Å²) >= 11 is 0. The molecule has 1 fully saturated rings. The first-order valence-electron chi connectivity index (χ1n) is 4.11. The summed E-state index contributed by atoms with van der Waals surface area (Å²) < 4.78 is 41.1. The molecule has 0 spiro atoms. The largest absolute Gasteiger partial charge is 0.401 e. The molecule has 2 N–H and O–H groups in total. The lowest BCUT2D eigenvalue weighted by Gasteiger charge is -2.35. The Morgan fingerprint density at radius 1 is 1.46 bits per heavy atom. The number of nitrogens with zero attached hydrogens (tertiary/aromatic N) is 1. The lowest BCUT2D eigenvalue weighted by molar-refractivity contribution is -0.161. The summed E-state index contributed by atoms with van der Waals surface area (Å²) in [5, 5.41) is 0. The van der Waals surface area contributed by atoms with E-state index in [0.717, 1.165) is 0 Å². The van der Waals surface area contributed by atoms with Gasteiger partial charge < -0.3 is 10.5 Å². The Kier molecular flexibility index (Phi) is 3.52. The molecule has 0 aromatic heterocycles. The van der Waals surface area contributed by atoms with Gasteiger partial charge in [-0.15, -0.1) is 0 Å². The molecule has 1 aliphatic heterocycles. The Morgan fingerprint density at radius 2 is 2.15 bits per heavy atom. The monoisotopic (exact) mass is 198 g/mol. The van der Waals surface area contributed by atoms with Crippen LogP contribution in [-0.4, -0.2) is 50.0 Å². The van der Waals surface area contributed by atoms with Gasteiger partial charge in [0.25, 0.3) is 0 Å². The molecule has 1 heterocycles. The molecule has 78 valence electrons. The molecule has 1 saturated heterocycles. The minimum Gasteiger partial charge on any atom is -0.378 e. The van der Waals surface area contributed by atoms with E-state index in [1.807, 2.05) is 0 Å². The first-order valence-corrected chi connectivity index (χ1v) is 4.11. The van der Waals surface area contributed by atoms with Gasteiger partial charge in [0, 0.05) is 19.1 Å². The van der Waals surface area contributed by atoms with Gasteiger partial charge in [-0.2, -0.15) is 13.2 Å². The Morgan fingerprint density at radius 3 is 2.69 bits per heavy atom. The first-order chi connectivity index (χ1) is 6.03. The lowest BCUT2D eigenvalue weighted by Crippen LogP contribution is -2.52. The van der Waals surface area contributed by atoms with Crippen LogP contribution in [-0.2, 0) is 4.74 Å². The zero-order valence-electron chi connectivity index (χ0n) is 7.18. The fraction of sp³-hybridized carbons (Fsp3) is 1.00. The average molecular weight is 198 g/mol. The van der Waals surface area contributed by atoms with Crippen LogP contribution in [0.5, 0.6) is 0 Å². The van der Waals surface area contributed by atoms with E-state index >= 15 is 0 Å². The highest BCUT2D eigenvalue weighted by Gasteiger charge is 2.34. The van der Waals surface area contributed by atoms with Crippen molar-refractivity contribution in [3.63, 3.8) is 0 Å². The third kappa shape index (κ3) is 3.50. The third-order valence-electron chi connectivity index (χ3n) is 2.00. The molecular weight excluding hydrogens is 185 g/mol. The molecule has 1 atom stereocenters. The molecule has 0 radical (unpaired) electrons. The second-order valence-corrected chi connectivity index (χ2v) is 3.05. The van der Waals surface area contributed by atoms with Gasteiger partial charge in [-0.3, -0.25) is 4.90 Å². The highest BCUT2D eigenvalue weighted by Crippen LogP contribution is 2.19. The Balaban J connectivity index is 2.45. The van der Waals surface area contributed by atoms with E-state index in [2.05, 4.69) is 0 Å². The van der Waals surface area contributed by atoms with Gasteiger partial charge in [-0.05, 0) is 0 Å². The van der Waals surface area contributed by atoms with Crippen molar-refractivity contribution in [1.82, 2.24) is 4.90 Å². The van der Waals surface area contributed by atoms with Crippen LogP contribution in [0.3, 0.4) is 0 Å². The molecule has 3 nitrogen and oxygen atoms in total. The number of nitrogens with two attached hydrogens (primary N) is 1. The van der Waals surface area contributed by atoms with Crippen LogP contribution in [0.1, 0.15) is 0 Å². The molecule has 13 heavy (non-hydrogen) atoms. The van der Waals surface area contributed by atoms with Gasteiger partial charge in [-0.1, -0.05) is 0 Å². The van der Waals surface area contributed by atoms with Gasteiger partial charge in [0.05, 0.1) is 19.8 Å². The standard InChI is InChI=1S/C7H13F3N2O/c8-7(9,10)5-12-1-2-13-4-6(12)3-11/h6H,1-5,11H2. The van der Waals surface area contributed by atoms with E-state index in [1.54, 1.807) is 0 Å². The topological polar surface area (TPSA) is 38.5 Å². The Bertz CT molecular complexity index is 162. The van der Waals surface area contributed by atoms with Crippen LogP contribution >= 0.6 is 0 Å². The van der Waals surface area contributed by atoms with E-state index < -0.39 is 12.7 Å². The summed E-state index contributed by atoms with van der Waals surface area (Å²) in [6.45, 7) is 0.273. The molecule has 0 aromatic carbocycles. The van der Waals surface area contributed by atoms with E-state index in [1.165, 1.54) is 4.90 Å². The van der Waals surface area contributed by atoms with Crippen molar-refractivity contribution in [2.24, 2.45) is 5.73 Å². The smallest absolute Gasteiger partial charge is 0.378 e. The first kappa shape index (κ1) is 10.7. The van der Waals surface area contributed by atoms with Crippen molar-refractivity contribution in [2.75, 3.05) is 32.8 Å². The maximum absolute atomic E-state index is 12.0. The molecule has 1 rings (SSSR count). The second-order valence-electron chi connectivity index (χ2n) is 3.05.